The zero-order chi connectivity index (χ0) is 18.2. The monoisotopic (exact) mass is 379 g/mol. The maximum Gasteiger partial charge on any atom is 0.141 e. The summed E-state index contributed by atoms with van der Waals surface area (Å²) in [6.45, 7) is 7.79. The van der Waals surface area contributed by atoms with Gasteiger partial charge in [-0.2, -0.15) is 0 Å². The molecule has 1 saturated heterocycles. The Bertz CT molecular complexity index is 939. The molecule has 1 aliphatic heterocycles. The molecule has 0 amide bonds. The van der Waals surface area contributed by atoms with E-state index in [2.05, 4.69) is 41.1 Å². The summed E-state index contributed by atoms with van der Waals surface area (Å²) in [6, 6.07) is 9.01. The number of rotatable bonds is 3. The van der Waals surface area contributed by atoms with Crippen LogP contribution in [0.4, 0.5) is 5.82 Å². The van der Waals surface area contributed by atoms with Gasteiger partial charge in [0.15, 0.2) is 0 Å². The van der Waals surface area contributed by atoms with E-state index >= 15 is 0 Å². The summed E-state index contributed by atoms with van der Waals surface area (Å²) in [5.74, 6) is 1.19. The predicted molar refractivity (Wildman–Crippen MR) is 112 cm³/mol. The van der Waals surface area contributed by atoms with Gasteiger partial charge in [0.25, 0.3) is 0 Å². The average molecular weight is 380 g/mol. The van der Waals surface area contributed by atoms with Crippen molar-refractivity contribution in [3.8, 4) is 0 Å². The summed E-state index contributed by atoms with van der Waals surface area (Å²) < 4.78 is 0. The van der Waals surface area contributed by atoms with E-state index in [1.807, 2.05) is 11.3 Å². The van der Waals surface area contributed by atoms with E-state index in [1.54, 1.807) is 21.7 Å². The molecule has 4 nitrogen and oxygen atoms in total. The van der Waals surface area contributed by atoms with Gasteiger partial charge in [0, 0.05) is 10.4 Å². The van der Waals surface area contributed by atoms with Crippen LogP contribution in [0.1, 0.15) is 34.4 Å². The molecule has 2 aromatic heterocycles. The van der Waals surface area contributed by atoms with Crippen LogP contribution in [-0.4, -0.2) is 36.1 Å². The smallest absolute Gasteiger partial charge is 0.141 e. The fourth-order valence-corrected chi connectivity index (χ4v) is 5.74. The highest BCUT2D eigenvalue weighted by atomic mass is 32.1. The number of nitrogens with zero attached hydrogens (tertiary/aromatic N) is 3. The van der Waals surface area contributed by atoms with Crippen LogP contribution in [0, 0.1) is 6.92 Å². The van der Waals surface area contributed by atoms with Crippen LogP contribution < -0.4 is 9.80 Å². The zero-order valence-electron chi connectivity index (χ0n) is 16.0. The number of benzene rings is 1. The molecular formula is C22H27N4S+. The van der Waals surface area contributed by atoms with Crippen molar-refractivity contribution in [2.45, 2.75) is 39.2 Å². The van der Waals surface area contributed by atoms with Crippen molar-refractivity contribution >= 4 is 27.4 Å². The summed E-state index contributed by atoms with van der Waals surface area (Å²) in [5, 5.41) is 1.36. The Hall–Kier alpha value is -1.98. The van der Waals surface area contributed by atoms with Crippen molar-refractivity contribution in [3.63, 3.8) is 0 Å². The molecule has 0 saturated carbocycles. The molecule has 3 heterocycles. The minimum absolute atomic E-state index is 1.08. The Morgan fingerprint density at radius 1 is 1.04 bits per heavy atom. The molecule has 1 aromatic carbocycles. The number of fused-ring (bicyclic) bond motifs is 3. The van der Waals surface area contributed by atoms with Gasteiger partial charge in [-0.05, 0) is 38.2 Å². The fourth-order valence-electron chi connectivity index (χ4n) is 4.52. The summed E-state index contributed by atoms with van der Waals surface area (Å²) >= 11 is 1.90. The first-order valence-electron chi connectivity index (χ1n) is 10.2. The summed E-state index contributed by atoms with van der Waals surface area (Å²) in [5.41, 5.74) is 4.33. The van der Waals surface area contributed by atoms with Gasteiger partial charge in [-0.3, -0.25) is 0 Å². The van der Waals surface area contributed by atoms with E-state index in [-0.39, 0.29) is 0 Å². The molecule has 5 rings (SSSR count). The van der Waals surface area contributed by atoms with Gasteiger partial charge in [0.1, 0.15) is 23.5 Å². The molecule has 0 atom stereocenters. The lowest BCUT2D eigenvalue weighted by Gasteiger charge is -2.33. The Morgan fingerprint density at radius 3 is 2.63 bits per heavy atom. The van der Waals surface area contributed by atoms with Crippen LogP contribution in [0.5, 0.6) is 0 Å². The normalized spacial score (nSPS) is 18.0. The largest absolute Gasteiger partial charge is 0.345 e. The van der Waals surface area contributed by atoms with Crippen LogP contribution in [0.15, 0.2) is 30.6 Å². The molecule has 0 bridgehead atoms. The number of nitrogens with one attached hydrogen (secondary N) is 1. The maximum atomic E-state index is 4.74. The number of aromatic nitrogens is 2. The third-order valence-electron chi connectivity index (χ3n) is 6.08. The van der Waals surface area contributed by atoms with Crippen LogP contribution in [0.2, 0.25) is 0 Å². The molecule has 0 unspecified atom stereocenters. The van der Waals surface area contributed by atoms with Crippen molar-refractivity contribution in [2.75, 3.05) is 31.1 Å². The standard InChI is InChI=1S/C22H26N4S/c1-16-6-8-17(9-7-16)14-25-10-12-26(13-11-25)21-20-18-4-2-3-5-19(18)27-22(20)24-15-23-21/h6-9,15H,2-5,10-14H2,1H3/p+1. The molecule has 2 aliphatic rings. The number of piperazine rings is 1. The second kappa shape index (κ2) is 7.21. The van der Waals surface area contributed by atoms with E-state index in [1.165, 1.54) is 65.9 Å². The van der Waals surface area contributed by atoms with Gasteiger partial charge in [0.05, 0.1) is 31.6 Å². The molecule has 1 N–H and O–H groups in total. The average Bonchev–Trinajstić information content (AvgIpc) is 3.09. The SMILES string of the molecule is Cc1ccc(C[NH+]2CCN(c3ncnc4sc5c(c34)CCCC5)CC2)cc1. The first-order valence-corrected chi connectivity index (χ1v) is 11.0. The first-order chi connectivity index (χ1) is 13.3. The number of hydrogen-bond acceptors (Lipinski definition) is 4. The van der Waals surface area contributed by atoms with E-state index in [4.69, 9.17) is 4.98 Å². The molecule has 1 aliphatic carbocycles. The minimum Gasteiger partial charge on any atom is -0.345 e. The molecule has 0 radical (unpaired) electrons. The Balaban J connectivity index is 1.33. The van der Waals surface area contributed by atoms with Gasteiger partial charge in [-0.25, -0.2) is 9.97 Å². The lowest BCUT2D eigenvalue weighted by molar-refractivity contribution is -0.914. The van der Waals surface area contributed by atoms with Crippen LogP contribution in [-0.2, 0) is 19.4 Å². The number of thiophene rings is 1. The van der Waals surface area contributed by atoms with Crippen molar-refractivity contribution in [1.82, 2.24) is 9.97 Å². The Kier molecular flexibility index (Phi) is 4.58. The topological polar surface area (TPSA) is 33.5 Å². The van der Waals surface area contributed by atoms with Gasteiger partial charge in [0.2, 0.25) is 0 Å². The lowest BCUT2D eigenvalue weighted by atomic mass is 9.97. The molecule has 140 valence electrons. The number of quaternary nitrogens is 1. The second-order valence-corrected chi connectivity index (χ2v) is 9.07. The molecule has 0 spiro atoms. The molecule has 27 heavy (non-hydrogen) atoms. The predicted octanol–water partition coefficient (Wildman–Crippen LogP) is 2.78. The Morgan fingerprint density at radius 2 is 1.81 bits per heavy atom. The quantitative estimate of drug-likeness (QED) is 0.760. The third kappa shape index (κ3) is 3.34. The lowest BCUT2D eigenvalue weighted by Crippen LogP contribution is -3.13. The van der Waals surface area contributed by atoms with E-state index < -0.39 is 0 Å². The fraction of sp³-hybridized carbons (Fsp3) is 0.455. The van der Waals surface area contributed by atoms with Crippen LogP contribution >= 0.6 is 11.3 Å². The van der Waals surface area contributed by atoms with Crippen molar-refractivity contribution in [3.05, 3.63) is 52.2 Å². The van der Waals surface area contributed by atoms with Gasteiger partial charge in [-0.15, -0.1) is 11.3 Å². The molecular weight excluding hydrogens is 352 g/mol. The van der Waals surface area contributed by atoms with Crippen LogP contribution in [0.25, 0.3) is 10.2 Å². The van der Waals surface area contributed by atoms with Crippen LogP contribution in [0.3, 0.4) is 0 Å². The minimum atomic E-state index is 1.08. The highest BCUT2D eigenvalue weighted by Crippen LogP contribution is 2.39. The van der Waals surface area contributed by atoms with Crippen molar-refractivity contribution in [1.29, 1.82) is 0 Å². The van der Waals surface area contributed by atoms with E-state index in [0.717, 1.165) is 19.6 Å². The van der Waals surface area contributed by atoms with E-state index in [9.17, 15) is 0 Å². The highest BCUT2D eigenvalue weighted by Gasteiger charge is 2.26. The first kappa shape index (κ1) is 17.1. The van der Waals surface area contributed by atoms with E-state index in [0.29, 0.717) is 0 Å². The molecule has 5 heteroatoms. The van der Waals surface area contributed by atoms with Crippen molar-refractivity contribution in [2.24, 2.45) is 0 Å². The Labute approximate surface area is 164 Å². The van der Waals surface area contributed by atoms with Gasteiger partial charge in [-0.1, -0.05) is 29.8 Å². The summed E-state index contributed by atoms with van der Waals surface area (Å²) in [7, 11) is 0. The molecule has 3 aromatic rings. The number of aryl methyl sites for hydroxylation is 3. The zero-order valence-corrected chi connectivity index (χ0v) is 16.8. The second-order valence-electron chi connectivity index (χ2n) is 7.99. The summed E-state index contributed by atoms with van der Waals surface area (Å²) in [6.07, 6.45) is 6.83. The number of hydrogen-bond donors (Lipinski definition) is 1. The van der Waals surface area contributed by atoms with Crippen molar-refractivity contribution < 1.29 is 4.90 Å². The highest BCUT2D eigenvalue weighted by molar-refractivity contribution is 7.19. The number of anilines is 1. The summed E-state index contributed by atoms with van der Waals surface area (Å²) in [4.78, 5) is 16.3. The maximum absolute atomic E-state index is 4.74. The third-order valence-corrected chi connectivity index (χ3v) is 7.28. The van der Waals surface area contributed by atoms with Gasteiger partial charge >= 0.3 is 0 Å². The van der Waals surface area contributed by atoms with Gasteiger partial charge < -0.3 is 9.80 Å². The molecule has 1 fully saturated rings.